The van der Waals surface area contributed by atoms with Crippen molar-refractivity contribution in [2.45, 2.75) is 45.4 Å². The average Bonchev–Trinajstić information content (AvgIpc) is 2.29. The van der Waals surface area contributed by atoms with E-state index in [1.165, 1.54) is 49.8 Å². The van der Waals surface area contributed by atoms with Crippen molar-refractivity contribution in [3.8, 4) is 0 Å². The summed E-state index contributed by atoms with van der Waals surface area (Å²) >= 11 is 0. The zero-order chi connectivity index (χ0) is 11.8. The highest BCUT2D eigenvalue weighted by molar-refractivity contribution is 5.47. The first-order valence-electron chi connectivity index (χ1n) is 6.50. The van der Waals surface area contributed by atoms with Crippen molar-refractivity contribution in [1.29, 1.82) is 0 Å². The summed E-state index contributed by atoms with van der Waals surface area (Å²) in [5.41, 5.74) is 2.79. The predicted molar refractivity (Wildman–Crippen MR) is 73.2 cm³/mol. The highest BCUT2D eigenvalue weighted by atomic mass is 15.1. The second-order valence-corrected chi connectivity index (χ2v) is 4.73. The normalized spacial score (nSPS) is 10.4. The molecule has 0 heterocycles. The Morgan fingerprint density at radius 3 is 2.44 bits per heavy atom. The summed E-state index contributed by atoms with van der Waals surface area (Å²) in [6.45, 7) is 2.26. The van der Waals surface area contributed by atoms with E-state index >= 15 is 0 Å². The number of nitrogens with zero attached hydrogens (tertiary/aromatic N) is 1. The van der Waals surface area contributed by atoms with E-state index in [4.69, 9.17) is 0 Å². The molecule has 0 bridgehead atoms. The molecule has 16 heavy (non-hydrogen) atoms. The Balaban J connectivity index is 2.33. The van der Waals surface area contributed by atoms with Crippen LogP contribution in [0.2, 0.25) is 0 Å². The molecule has 1 nitrogen and oxygen atoms in total. The smallest absolute Gasteiger partial charge is 0.0363 e. The van der Waals surface area contributed by atoms with Crippen LogP contribution in [0.5, 0.6) is 0 Å². The molecule has 0 aliphatic heterocycles. The van der Waals surface area contributed by atoms with E-state index in [9.17, 15) is 0 Å². The zero-order valence-electron chi connectivity index (χ0n) is 11.0. The van der Waals surface area contributed by atoms with Crippen LogP contribution in [0.3, 0.4) is 0 Å². The largest absolute Gasteiger partial charge is 0.378 e. The molecule has 0 aliphatic rings. The number of benzene rings is 1. The summed E-state index contributed by atoms with van der Waals surface area (Å²) in [5.74, 6) is 0. The van der Waals surface area contributed by atoms with Gasteiger partial charge in [0.1, 0.15) is 0 Å². The van der Waals surface area contributed by atoms with Crippen molar-refractivity contribution in [2.24, 2.45) is 0 Å². The van der Waals surface area contributed by atoms with Crippen LogP contribution in [0, 0.1) is 0 Å². The van der Waals surface area contributed by atoms with Crippen LogP contribution in [-0.2, 0) is 6.42 Å². The second kappa shape index (κ2) is 7.32. The topological polar surface area (TPSA) is 3.24 Å². The maximum atomic E-state index is 2.31. The molecule has 0 saturated heterocycles. The fraction of sp³-hybridized carbons (Fsp3) is 0.600. The molecule has 1 rings (SSSR count). The van der Waals surface area contributed by atoms with Gasteiger partial charge in [-0.3, -0.25) is 0 Å². The molecular weight excluding hydrogens is 194 g/mol. The lowest BCUT2D eigenvalue weighted by molar-refractivity contribution is 0.632. The average molecular weight is 219 g/mol. The molecule has 90 valence electrons. The number of hydrogen-bond donors (Lipinski definition) is 0. The highest BCUT2D eigenvalue weighted by Gasteiger charge is 1.97. The first-order valence-corrected chi connectivity index (χ1v) is 6.50. The fourth-order valence-corrected chi connectivity index (χ4v) is 1.92. The minimum absolute atomic E-state index is 1.23. The van der Waals surface area contributed by atoms with Crippen LogP contribution in [-0.4, -0.2) is 14.1 Å². The Hall–Kier alpha value is -0.980. The van der Waals surface area contributed by atoms with Gasteiger partial charge in [-0.1, -0.05) is 44.7 Å². The lowest BCUT2D eigenvalue weighted by Crippen LogP contribution is -2.08. The first-order chi connectivity index (χ1) is 7.74. The Morgan fingerprint density at radius 1 is 1.00 bits per heavy atom. The number of aryl methyl sites for hydroxylation is 1. The lowest BCUT2D eigenvalue weighted by Gasteiger charge is -2.13. The van der Waals surface area contributed by atoms with Gasteiger partial charge in [-0.05, 0) is 30.5 Å². The number of rotatable bonds is 7. The van der Waals surface area contributed by atoms with E-state index in [-0.39, 0.29) is 0 Å². The molecule has 0 saturated carbocycles. The third-order valence-corrected chi connectivity index (χ3v) is 3.00. The summed E-state index contributed by atoms with van der Waals surface area (Å²) in [6, 6.07) is 8.88. The second-order valence-electron chi connectivity index (χ2n) is 4.73. The summed E-state index contributed by atoms with van der Waals surface area (Å²) < 4.78 is 0. The summed E-state index contributed by atoms with van der Waals surface area (Å²) in [6.07, 6.45) is 8.04. The molecule has 0 aromatic heterocycles. The SMILES string of the molecule is CCCCCCCc1cccc(N(C)C)c1. The monoisotopic (exact) mass is 219 g/mol. The van der Waals surface area contributed by atoms with Crippen molar-refractivity contribution < 1.29 is 0 Å². The van der Waals surface area contributed by atoms with Crippen LogP contribution >= 0.6 is 0 Å². The van der Waals surface area contributed by atoms with Crippen molar-refractivity contribution in [3.05, 3.63) is 29.8 Å². The quantitative estimate of drug-likeness (QED) is 0.619. The van der Waals surface area contributed by atoms with E-state index in [1.54, 1.807) is 0 Å². The Kier molecular flexibility index (Phi) is 5.99. The third-order valence-electron chi connectivity index (χ3n) is 3.00. The molecule has 1 aromatic carbocycles. The highest BCUT2D eigenvalue weighted by Crippen LogP contribution is 2.15. The van der Waals surface area contributed by atoms with Gasteiger partial charge in [0.05, 0.1) is 0 Å². The molecule has 0 spiro atoms. The van der Waals surface area contributed by atoms with Crippen LogP contribution in [0.15, 0.2) is 24.3 Å². The van der Waals surface area contributed by atoms with Crippen molar-refractivity contribution in [3.63, 3.8) is 0 Å². The zero-order valence-corrected chi connectivity index (χ0v) is 11.0. The number of hydrogen-bond acceptors (Lipinski definition) is 1. The van der Waals surface area contributed by atoms with Gasteiger partial charge in [-0.2, -0.15) is 0 Å². The van der Waals surface area contributed by atoms with Gasteiger partial charge in [0, 0.05) is 19.8 Å². The lowest BCUT2D eigenvalue weighted by atomic mass is 10.0. The van der Waals surface area contributed by atoms with E-state index in [0.29, 0.717) is 0 Å². The predicted octanol–water partition coefficient (Wildman–Crippen LogP) is 4.27. The van der Waals surface area contributed by atoms with E-state index in [2.05, 4.69) is 50.2 Å². The summed E-state index contributed by atoms with van der Waals surface area (Å²) in [7, 11) is 4.20. The van der Waals surface area contributed by atoms with E-state index < -0.39 is 0 Å². The van der Waals surface area contributed by atoms with Gasteiger partial charge in [-0.15, -0.1) is 0 Å². The van der Waals surface area contributed by atoms with Gasteiger partial charge in [0.2, 0.25) is 0 Å². The van der Waals surface area contributed by atoms with Gasteiger partial charge in [-0.25, -0.2) is 0 Å². The molecule has 0 atom stereocenters. The fourth-order valence-electron chi connectivity index (χ4n) is 1.92. The van der Waals surface area contributed by atoms with E-state index in [0.717, 1.165) is 0 Å². The maximum Gasteiger partial charge on any atom is 0.0363 e. The summed E-state index contributed by atoms with van der Waals surface area (Å²) in [4.78, 5) is 2.17. The number of anilines is 1. The minimum atomic E-state index is 1.23. The molecule has 1 aromatic rings. The van der Waals surface area contributed by atoms with Gasteiger partial charge in [0.25, 0.3) is 0 Å². The van der Waals surface area contributed by atoms with Crippen LogP contribution in [0.4, 0.5) is 5.69 Å². The van der Waals surface area contributed by atoms with Crippen LogP contribution in [0.25, 0.3) is 0 Å². The molecule has 0 unspecified atom stereocenters. The molecule has 0 radical (unpaired) electrons. The summed E-state index contributed by atoms with van der Waals surface area (Å²) in [5, 5.41) is 0. The molecule has 0 N–H and O–H groups in total. The van der Waals surface area contributed by atoms with Crippen molar-refractivity contribution in [1.82, 2.24) is 0 Å². The van der Waals surface area contributed by atoms with Crippen molar-refractivity contribution >= 4 is 5.69 Å². The molecular formula is C15H25N. The number of unbranched alkanes of at least 4 members (excludes halogenated alkanes) is 4. The first kappa shape index (κ1) is 13.1. The molecule has 1 heteroatoms. The van der Waals surface area contributed by atoms with Gasteiger partial charge >= 0.3 is 0 Å². The van der Waals surface area contributed by atoms with Crippen LogP contribution < -0.4 is 4.90 Å². The molecule has 0 amide bonds. The standard InChI is InChI=1S/C15H25N/c1-4-5-6-7-8-10-14-11-9-12-15(13-14)16(2)3/h9,11-13H,4-8,10H2,1-3H3. The molecule has 0 aliphatic carbocycles. The Morgan fingerprint density at radius 2 is 1.75 bits per heavy atom. The maximum absolute atomic E-state index is 2.31. The Labute approximate surface area is 100 Å². The third kappa shape index (κ3) is 4.69. The van der Waals surface area contributed by atoms with Crippen LogP contribution in [0.1, 0.15) is 44.6 Å². The minimum Gasteiger partial charge on any atom is -0.378 e. The van der Waals surface area contributed by atoms with Gasteiger partial charge < -0.3 is 4.90 Å². The van der Waals surface area contributed by atoms with Gasteiger partial charge in [0.15, 0.2) is 0 Å². The van der Waals surface area contributed by atoms with E-state index in [1.807, 2.05) is 0 Å². The Bertz CT molecular complexity index is 291. The molecule has 0 fully saturated rings. The van der Waals surface area contributed by atoms with Crippen molar-refractivity contribution in [2.75, 3.05) is 19.0 Å².